The molecule has 0 amide bonds. The van der Waals surface area contributed by atoms with Crippen molar-refractivity contribution < 1.29 is 18.1 Å². The van der Waals surface area contributed by atoms with Gasteiger partial charge in [0.25, 0.3) is 15.7 Å². The fourth-order valence-electron chi connectivity index (χ4n) is 3.71. The highest BCUT2D eigenvalue weighted by Crippen LogP contribution is 2.41. The first-order chi connectivity index (χ1) is 16.0. The average Bonchev–Trinajstić information content (AvgIpc) is 3.36. The number of non-ortho nitro benzene ring substituents is 1. The van der Waals surface area contributed by atoms with E-state index in [2.05, 4.69) is 9.62 Å². The highest BCUT2D eigenvalue weighted by atomic mass is 35.5. The Hall–Kier alpha value is -2.37. The number of hydrogen-bond donors (Lipinski definition) is 1. The zero-order valence-electron chi connectivity index (χ0n) is 18.2. The van der Waals surface area contributed by atoms with Crippen molar-refractivity contribution in [1.82, 2.24) is 4.90 Å². The second kappa shape index (κ2) is 9.71. The molecule has 1 N–H and O–H groups in total. The van der Waals surface area contributed by atoms with E-state index in [0.717, 1.165) is 36.4 Å². The van der Waals surface area contributed by atoms with Gasteiger partial charge in [0, 0.05) is 36.9 Å². The smallest absolute Gasteiger partial charge is 0.271 e. The predicted octanol–water partition coefficient (Wildman–Crippen LogP) is 5.82. The van der Waals surface area contributed by atoms with E-state index in [1.165, 1.54) is 18.2 Å². The van der Waals surface area contributed by atoms with Crippen LogP contribution in [0, 0.1) is 17.0 Å². The lowest BCUT2D eigenvalue weighted by molar-refractivity contribution is -0.384. The Bertz CT molecular complexity index is 1360. The van der Waals surface area contributed by atoms with Gasteiger partial charge in [0.1, 0.15) is 20.4 Å². The number of likely N-dealkylation sites (tertiary alicyclic amines) is 1. The number of thiophene rings is 1. The molecular weight excluding hydrogens is 521 g/mol. The number of hydrogen-bond acceptors (Lipinski definition) is 7. The van der Waals surface area contributed by atoms with Gasteiger partial charge in [0.05, 0.1) is 15.6 Å². The van der Waals surface area contributed by atoms with Gasteiger partial charge in [-0.25, -0.2) is 8.42 Å². The third-order valence-electron chi connectivity index (χ3n) is 5.48. The number of nitrogens with one attached hydrogen (secondary N) is 1. The number of nitro groups is 1. The number of anilines is 1. The fourth-order valence-corrected chi connectivity index (χ4v) is 6.67. The van der Waals surface area contributed by atoms with E-state index in [0.29, 0.717) is 27.6 Å². The second-order valence-electron chi connectivity index (χ2n) is 8.05. The Balaban J connectivity index is 1.60. The van der Waals surface area contributed by atoms with E-state index >= 15 is 0 Å². The van der Waals surface area contributed by atoms with Gasteiger partial charge in [0.2, 0.25) is 0 Å². The molecule has 2 heterocycles. The summed E-state index contributed by atoms with van der Waals surface area (Å²) in [5.41, 5.74) is 1.84. The molecule has 1 aromatic heterocycles. The highest BCUT2D eigenvalue weighted by molar-refractivity contribution is 7.94. The van der Waals surface area contributed by atoms with Crippen LogP contribution in [-0.4, -0.2) is 44.5 Å². The van der Waals surface area contributed by atoms with Gasteiger partial charge in [-0.1, -0.05) is 29.3 Å². The molecule has 3 aromatic rings. The van der Waals surface area contributed by atoms with E-state index in [1.807, 2.05) is 7.05 Å². The van der Waals surface area contributed by atoms with Crippen LogP contribution in [0.4, 0.5) is 11.4 Å². The van der Waals surface area contributed by atoms with E-state index in [9.17, 15) is 18.5 Å². The van der Waals surface area contributed by atoms with Crippen LogP contribution in [0.3, 0.4) is 0 Å². The second-order valence-corrected chi connectivity index (χ2v) is 12.0. The van der Waals surface area contributed by atoms with Gasteiger partial charge in [-0.2, -0.15) is 0 Å². The Labute approximate surface area is 211 Å². The molecule has 0 unspecified atom stereocenters. The van der Waals surface area contributed by atoms with Crippen molar-refractivity contribution in [1.29, 1.82) is 0 Å². The minimum atomic E-state index is -3.98. The van der Waals surface area contributed by atoms with Crippen LogP contribution in [0.25, 0.3) is 11.1 Å². The SMILES string of the molecule is Cc1ccc([N+](=O)[O-])cc1-c1cc(S(=O)(=O)Nc2ccc(Cl)c(O[C@@H]3CCN(C)C3)c2)sc1Cl. The number of nitrogens with zero attached hydrogens (tertiary/aromatic N) is 2. The number of ether oxygens (including phenoxy) is 1. The van der Waals surface area contributed by atoms with Crippen molar-refractivity contribution in [2.24, 2.45) is 0 Å². The quantitative estimate of drug-likeness (QED) is 0.298. The van der Waals surface area contributed by atoms with Gasteiger partial charge >= 0.3 is 0 Å². The number of sulfonamides is 1. The molecule has 1 aliphatic rings. The number of halogens is 2. The Morgan fingerprint density at radius 3 is 2.62 bits per heavy atom. The molecule has 180 valence electrons. The minimum Gasteiger partial charge on any atom is -0.487 e. The fraction of sp³-hybridized carbons (Fsp3) is 0.273. The molecule has 2 aromatic carbocycles. The standard InChI is InChI=1S/C22H21Cl2N3O5S2/c1-13-3-5-15(27(28)29)10-17(13)18-11-21(33-22(18)24)34(30,31)25-14-4-6-19(23)20(9-14)32-16-7-8-26(2)12-16/h3-6,9-11,16,25H,7-8,12H2,1-2H3/t16-/m1/s1. The molecule has 0 radical (unpaired) electrons. The summed E-state index contributed by atoms with van der Waals surface area (Å²) in [4.78, 5) is 12.8. The van der Waals surface area contributed by atoms with Crippen molar-refractivity contribution in [3.63, 3.8) is 0 Å². The average molecular weight is 542 g/mol. The van der Waals surface area contributed by atoms with Crippen LogP contribution in [0.1, 0.15) is 12.0 Å². The molecule has 8 nitrogen and oxygen atoms in total. The van der Waals surface area contributed by atoms with Crippen LogP contribution in [0.5, 0.6) is 5.75 Å². The van der Waals surface area contributed by atoms with Crippen molar-refractivity contribution in [3.05, 3.63) is 67.5 Å². The monoisotopic (exact) mass is 541 g/mol. The maximum atomic E-state index is 13.1. The molecule has 12 heteroatoms. The Morgan fingerprint density at radius 2 is 1.94 bits per heavy atom. The largest absolute Gasteiger partial charge is 0.487 e. The van der Waals surface area contributed by atoms with Crippen molar-refractivity contribution in [2.45, 2.75) is 23.7 Å². The molecule has 4 rings (SSSR count). The van der Waals surface area contributed by atoms with Crippen LogP contribution in [0.2, 0.25) is 9.36 Å². The first-order valence-corrected chi connectivity index (χ1v) is 13.3. The lowest BCUT2D eigenvalue weighted by Gasteiger charge is -2.16. The van der Waals surface area contributed by atoms with Crippen LogP contribution >= 0.6 is 34.5 Å². The minimum absolute atomic E-state index is 0.0201. The normalized spacial score (nSPS) is 16.5. The number of aryl methyl sites for hydroxylation is 1. The molecule has 0 bridgehead atoms. The summed E-state index contributed by atoms with van der Waals surface area (Å²) < 4.78 is 34.9. The summed E-state index contributed by atoms with van der Waals surface area (Å²) in [5, 5.41) is 11.6. The summed E-state index contributed by atoms with van der Waals surface area (Å²) in [6.07, 6.45) is 0.835. The molecule has 34 heavy (non-hydrogen) atoms. The maximum absolute atomic E-state index is 13.1. The lowest BCUT2D eigenvalue weighted by Crippen LogP contribution is -2.21. The highest BCUT2D eigenvalue weighted by Gasteiger charge is 2.24. The summed E-state index contributed by atoms with van der Waals surface area (Å²) in [7, 11) is -1.98. The van der Waals surface area contributed by atoms with Gasteiger partial charge in [-0.05, 0) is 49.7 Å². The topological polar surface area (TPSA) is 102 Å². The third kappa shape index (κ3) is 5.31. The zero-order valence-corrected chi connectivity index (χ0v) is 21.4. The number of benzene rings is 2. The molecule has 1 atom stereocenters. The van der Waals surface area contributed by atoms with Gasteiger partial charge in [-0.3, -0.25) is 14.8 Å². The van der Waals surface area contributed by atoms with E-state index < -0.39 is 14.9 Å². The summed E-state index contributed by atoms with van der Waals surface area (Å²) in [6, 6.07) is 10.5. The lowest BCUT2D eigenvalue weighted by atomic mass is 10.0. The number of rotatable bonds is 7. The molecular formula is C22H21Cl2N3O5S2. The van der Waals surface area contributed by atoms with E-state index in [4.69, 9.17) is 27.9 Å². The number of nitro benzene ring substituents is 1. The van der Waals surface area contributed by atoms with Gasteiger partial charge in [-0.15, -0.1) is 11.3 Å². The van der Waals surface area contributed by atoms with E-state index in [-0.39, 0.29) is 20.3 Å². The first-order valence-electron chi connectivity index (χ1n) is 10.3. The molecule has 1 saturated heterocycles. The molecule has 0 spiro atoms. The molecule has 1 fully saturated rings. The maximum Gasteiger partial charge on any atom is 0.271 e. The van der Waals surface area contributed by atoms with Gasteiger partial charge in [0.15, 0.2) is 0 Å². The van der Waals surface area contributed by atoms with E-state index in [1.54, 1.807) is 31.2 Å². The van der Waals surface area contributed by atoms with Crippen molar-refractivity contribution >= 4 is 55.9 Å². The summed E-state index contributed by atoms with van der Waals surface area (Å²) >= 11 is 13.5. The Morgan fingerprint density at radius 1 is 1.18 bits per heavy atom. The number of likely N-dealkylation sites (N-methyl/N-ethyl adjacent to an activating group) is 1. The van der Waals surface area contributed by atoms with Gasteiger partial charge < -0.3 is 9.64 Å². The molecule has 0 aliphatic carbocycles. The van der Waals surface area contributed by atoms with Crippen LogP contribution in [-0.2, 0) is 10.0 Å². The van der Waals surface area contributed by atoms with Crippen molar-refractivity contribution in [3.8, 4) is 16.9 Å². The third-order valence-corrected chi connectivity index (χ3v) is 9.00. The zero-order chi connectivity index (χ0) is 24.6. The predicted molar refractivity (Wildman–Crippen MR) is 135 cm³/mol. The first kappa shape index (κ1) is 24.7. The molecule has 1 aliphatic heterocycles. The van der Waals surface area contributed by atoms with Crippen LogP contribution in [0.15, 0.2) is 46.7 Å². The Kier molecular flexibility index (Phi) is 7.07. The molecule has 0 saturated carbocycles. The summed E-state index contributed by atoms with van der Waals surface area (Å²) in [5.74, 6) is 0.402. The van der Waals surface area contributed by atoms with Crippen molar-refractivity contribution in [2.75, 3.05) is 24.9 Å². The van der Waals surface area contributed by atoms with Crippen LogP contribution < -0.4 is 9.46 Å². The summed E-state index contributed by atoms with van der Waals surface area (Å²) in [6.45, 7) is 3.46.